The quantitative estimate of drug-likeness (QED) is 0.861. The van der Waals surface area contributed by atoms with Crippen molar-refractivity contribution in [1.82, 2.24) is 10.3 Å². The SMILES string of the molecule is CN1C(=O)CCN1c1cccc(C2CCCN2)c1. The second-order valence-corrected chi connectivity index (χ2v) is 5.03. The lowest BCUT2D eigenvalue weighted by molar-refractivity contribution is -0.126. The first kappa shape index (κ1) is 11.5. The van der Waals surface area contributed by atoms with Crippen molar-refractivity contribution in [1.29, 1.82) is 0 Å². The van der Waals surface area contributed by atoms with Crippen LogP contribution >= 0.6 is 0 Å². The summed E-state index contributed by atoms with van der Waals surface area (Å²) in [5.41, 5.74) is 2.45. The predicted molar refractivity (Wildman–Crippen MR) is 71.2 cm³/mol. The molecule has 3 rings (SSSR count). The van der Waals surface area contributed by atoms with Crippen molar-refractivity contribution in [3.05, 3.63) is 29.8 Å². The number of hydrazine groups is 1. The third-order valence-corrected chi connectivity index (χ3v) is 3.89. The fourth-order valence-corrected chi connectivity index (χ4v) is 2.82. The lowest BCUT2D eigenvalue weighted by atomic mass is 10.0. The van der Waals surface area contributed by atoms with E-state index in [-0.39, 0.29) is 5.91 Å². The molecule has 2 saturated heterocycles. The Bertz CT molecular complexity index is 454. The lowest BCUT2D eigenvalue weighted by Crippen LogP contribution is -2.35. The normalized spacial score (nSPS) is 24.1. The maximum absolute atomic E-state index is 11.6. The van der Waals surface area contributed by atoms with E-state index in [0.717, 1.165) is 18.8 Å². The number of carbonyl (C=O) groups is 1. The van der Waals surface area contributed by atoms with Gasteiger partial charge in [-0.05, 0) is 37.1 Å². The Morgan fingerprint density at radius 2 is 2.28 bits per heavy atom. The smallest absolute Gasteiger partial charge is 0.242 e. The molecule has 1 N–H and O–H groups in total. The van der Waals surface area contributed by atoms with Gasteiger partial charge in [-0.3, -0.25) is 14.8 Å². The van der Waals surface area contributed by atoms with Crippen LogP contribution in [0.25, 0.3) is 0 Å². The molecule has 0 radical (unpaired) electrons. The Kier molecular flexibility index (Phi) is 2.96. The number of hydrogen-bond donors (Lipinski definition) is 1. The summed E-state index contributed by atoms with van der Waals surface area (Å²) in [6.07, 6.45) is 3.07. The molecule has 0 saturated carbocycles. The molecule has 2 heterocycles. The highest BCUT2D eigenvalue weighted by Crippen LogP contribution is 2.28. The molecule has 2 aliphatic rings. The van der Waals surface area contributed by atoms with E-state index in [2.05, 4.69) is 34.6 Å². The molecule has 4 nitrogen and oxygen atoms in total. The Hall–Kier alpha value is -1.55. The van der Waals surface area contributed by atoms with Gasteiger partial charge in [0.05, 0.1) is 5.69 Å². The summed E-state index contributed by atoms with van der Waals surface area (Å²) >= 11 is 0. The van der Waals surface area contributed by atoms with Gasteiger partial charge in [-0.15, -0.1) is 0 Å². The molecule has 18 heavy (non-hydrogen) atoms. The molecule has 1 amide bonds. The Labute approximate surface area is 108 Å². The number of anilines is 1. The van der Waals surface area contributed by atoms with Crippen LogP contribution in [0.1, 0.15) is 30.9 Å². The molecule has 4 heteroatoms. The third-order valence-electron chi connectivity index (χ3n) is 3.89. The second-order valence-electron chi connectivity index (χ2n) is 5.03. The zero-order valence-corrected chi connectivity index (χ0v) is 10.7. The van der Waals surface area contributed by atoms with E-state index < -0.39 is 0 Å². The molecule has 1 aromatic carbocycles. The largest absolute Gasteiger partial charge is 0.310 e. The van der Waals surface area contributed by atoms with Crippen molar-refractivity contribution in [2.45, 2.75) is 25.3 Å². The van der Waals surface area contributed by atoms with Gasteiger partial charge in [-0.25, -0.2) is 0 Å². The molecule has 1 aromatic rings. The van der Waals surface area contributed by atoms with Gasteiger partial charge in [0.25, 0.3) is 0 Å². The number of carbonyl (C=O) groups excluding carboxylic acids is 1. The van der Waals surface area contributed by atoms with Crippen LogP contribution in [-0.2, 0) is 4.79 Å². The number of nitrogens with one attached hydrogen (secondary N) is 1. The minimum atomic E-state index is 0.194. The van der Waals surface area contributed by atoms with Gasteiger partial charge in [0.15, 0.2) is 0 Å². The van der Waals surface area contributed by atoms with Gasteiger partial charge in [0.2, 0.25) is 5.91 Å². The number of nitrogens with zero attached hydrogens (tertiary/aromatic N) is 2. The summed E-state index contributed by atoms with van der Waals surface area (Å²) in [4.78, 5) is 11.6. The highest BCUT2D eigenvalue weighted by Gasteiger charge is 2.26. The highest BCUT2D eigenvalue weighted by atomic mass is 16.2. The summed E-state index contributed by atoms with van der Waals surface area (Å²) in [5.74, 6) is 0.194. The molecule has 2 fully saturated rings. The zero-order chi connectivity index (χ0) is 12.5. The monoisotopic (exact) mass is 245 g/mol. The van der Waals surface area contributed by atoms with Crippen LogP contribution in [0.15, 0.2) is 24.3 Å². The van der Waals surface area contributed by atoms with Crippen LogP contribution in [0.5, 0.6) is 0 Å². The number of hydrogen-bond acceptors (Lipinski definition) is 3. The minimum absolute atomic E-state index is 0.194. The van der Waals surface area contributed by atoms with E-state index in [0.29, 0.717) is 12.5 Å². The van der Waals surface area contributed by atoms with Crippen molar-refractivity contribution in [3.63, 3.8) is 0 Å². The molecule has 2 aliphatic heterocycles. The molecule has 1 atom stereocenters. The number of rotatable bonds is 2. The van der Waals surface area contributed by atoms with E-state index in [1.165, 1.54) is 18.4 Å². The van der Waals surface area contributed by atoms with Crippen LogP contribution in [0, 0.1) is 0 Å². The average Bonchev–Trinajstić information content (AvgIpc) is 3.02. The van der Waals surface area contributed by atoms with Crippen molar-refractivity contribution in [2.24, 2.45) is 0 Å². The van der Waals surface area contributed by atoms with Crippen LogP contribution in [0.2, 0.25) is 0 Å². The van der Waals surface area contributed by atoms with Crippen molar-refractivity contribution in [3.8, 4) is 0 Å². The number of benzene rings is 1. The van der Waals surface area contributed by atoms with Crippen LogP contribution < -0.4 is 10.3 Å². The van der Waals surface area contributed by atoms with E-state index >= 15 is 0 Å². The fraction of sp³-hybridized carbons (Fsp3) is 0.500. The van der Waals surface area contributed by atoms with Gasteiger partial charge in [0.1, 0.15) is 0 Å². The van der Waals surface area contributed by atoms with Crippen molar-refractivity contribution in [2.75, 3.05) is 25.1 Å². The molecule has 0 aliphatic carbocycles. The first-order valence-corrected chi connectivity index (χ1v) is 6.63. The van der Waals surface area contributed by atoms with Crippen LogP contribution in [-0.4, -0.2) is 31.1 Å². The summed E-state index contributed by atoms with van der Waals surface area (Å²) in [5, 5.41) is 7.29. The van der Waals surface area contributed by atoms with E-state index in [4.69, 9.17) is 0 Å². The molecule has 0 spiro atoms. The molecule has 1 unspecified atom stereocenters. The van der Waals surface area contributed by atoms with Gasteiger partial charge in [-0.2, -0.15) is 0 Å². The van der Waals surface area contributed by atoms with Crippen molar-refractivity contribution >= 4 is 11.6 Å². The molecule has 96 valence electrons. The van der Waals surface area contributed by atoms with E-state index in [1.54, 1.807) is 5.01 Å². The summed E-state index contributed by atoms with van der Waals surface area (Å²) in [6.45, 7) is 1.90. The molecular weight excluding hydrogens is 226 g/mol. The Balaban J connectivity index is 1.84. The van der Waals surface area contributed by atoms with Gasteiger partial charge < -0.3 is 5.32 Å². The van der Waals surface area contributed by atoms with E-state index in [1.807, 2.05) is 7.05 Å². The standard InChI is InChI=1S/C14H19N3O/c1-16-14(18)7-9-17(16)12-5-2-4-11(10-12)13-6-3-8-15-13/h2,4-5,10,13,15H,3,6-9H2,1H3. The first-order valence-electron chi connectivity index (χ1n) is 6.63. The number of amides is 1. The first-order chi connectivity index (χ1) is 8.75. The Morgan fingerprint density at radius 1 is 1.39 bits per heavy atom. The second kappa shape index (κ2) is 4.61. The minimum Gasteiger partial charge on any atom is -0.310 e. The topological polar surface area (TPSA) is 35.6 Å². The maximum atomic E-state index is 11.6. The summed E-state index contributed by atoms with van der Waals surface area (Å²) in [6, 6.07) is 9.02. The predicted octanol–water partition coefficient (Wildman–Crippen LogP) is 1.69. The highest BCUT2D eigenvalue weighted by molar-refractivity contribution is 5.81. The fourth-order valence-electron chi connectivity index (χ4n) is 2.82. The van der Waals surface area contributed by atoms with Crippen LogP contribution in [0.4, 0.5) is 5.69 Å². The molecule has 0 aromatic heterocycles. The van der Waals surface area contributed by atoms with Crippen molar-refractivity contribution < 1.29 is 4.79 Å². The Morgan fingerprint density at radius 3 is 2.94 bits per heavy atom. The third kappa shape index (κ3) is 1.97. The summed E-state index contributed by atoms with van der Waals surface area (Å²) < 4.78 is 0. The summed E-state index contributed by atoms with van der Waals surface area (Å²) in [7, 11) is 1.84. The lowest BCUT2D eigenvalue weighted by Gasteiger charge is -2.27. The van der Waals surface area contributed by atoms with Gasteiger partial charge >= 0.3 is 0 Å². The average molecular weight is 245 g/mol. The van der Waals surface area contributed by atoms with E-state index in [9.17, 15) is 4.79 Å². The van der Waals surface area contributed by atoms with Crippen LogP contribution in [0.3, 0.4) is 0 Å². The van der Waals surface area contributed by atoms with Gasteiger partial charge in [0, 0.05) is 26.1 Å². The zero-order valence-electron chi connectivity index (χ0n) is 10.7. The maximum Gasteiger partial charge on any atom is 0.242 e. The van der Waals surface area contributed by atoms with Gasteiger partial charge in [-0.1, -0.05) is 12.1 Å². The molecule has 0 bridgehead atoms. The molecular formula is C14H19N3O.